The molecular formula is C47H46N6O5. The Morgan fingerprint density at radius 3 is 1.79 bits per heavy atom. The third-order valence-electron chi connectivity index (χ3n) is 10.1. The van der Waals surface area contributed by atoms with Crippen molar-refractivity contribution in [3.05, 3.63) is 179 Å². The standard InChI is InChI=1S/C47H46N6O5/c1-5-17-41-48-40(31-54)42(44(55)57-32-58-45(56)46(2,3)4)52(41)30-33-26-28-34(29-27-33)38-24-15-16-25-39(38)43-49-50-51-53(43)47(35-18-9-6-10-19-35,36-20-11-7-12-21-36)37-22-13-8-14-23-37/h6-16,18-29,54H,5,17,30-32H2,1-4H3. The molecule has 0 amide bonds. The lowest BCUT2D eigenvalue weighted by Gasteiger charge is -2.36. The van der Waals surface area contributed by atoms with Crippen LogP contribution in [-0.2, 0) is 39.4 Å². The first kappa shape index (κ1) is 39.5. The van der Waals surface area contributed by atoms with E-state index in [9.17, 15) is 14.7 Å². The molecule has 0 atom stereocenters. The molecule has 0 saturated carbocycles. The van der Waals surface area contributed by atoms with Crippen molar-refractivity contribution in [3.8, 4) is 22.5 Å². The van der Waals surface area contributed by atoms with Gasteiger partial charge < -0.3 is 19.1 Å². The average Bonchev–Trinajstić information content (AvgIpc) is 3.87. The molecule has 58 heavy (non-hydrogen) atoms. The molecule has 1 N–H and O–H groups in total. The summed E-state index contributed by atoms with van der Waals surface area (Å²) < 4.78 is 14.3. The molecule has 0 saturated heterocycles. The number of benzene rings is 5. The monoisotopic (exact) mass is 774 g/mol. The number of aryl methyl sites for hydroxylation is 1. The van der Waals surface area contributed by atoms with Crippen LogP contribution in [0.4, 0.5) is 0 Å². The van der Waals surface area contributed by atoms with E-state index in [1.54, 1.807) is 25.3 Å². The molecule has 7 aromatic rings. The minimum atomic E-state index is -0.916. The summed E-state index contributed by atoms with van der Waals surface area (Å²) in [4.78, 5) is 30.3. The molecule has 0 aliphatic rings. The van der Waals surface area contributed by atoms with Crippen LogP contribution in [-0.4, -0.2) is 53.6 Å². The predicted octanol–water partition coefficient (Wildman–Crippen LogP) is 8.24. The van der Waals surface area contributed by atoms with Gasteiger partial charge in [0.2, 0.25) is 6.79 Å². The number of nitrogens with zero attached hydrogens (tertiary/aromatic N) is 6. The Morgan fingerprint density at radius 2 is 1.26 bits per heavy atom. The second kappa shape index (κ2) is 17.2. The van der Waals surface area contributed by atoms with Gasteiger partial charge in [0.05, 0.1) is 17.7 Å². The molecule has 0 bridgehead atoms. The first-order valence-corrected chi connectivity index (χ1v) is 19.3. The van der Waals surface area contributed by atoms with Crippen LogP contribution in [0.1, 0.15) is 78.4 Å². The highest BCUT2D eigenvalue weighted by Gasteiger charge is 2.42. The Bertz CT molecular complexity index is 2380. The fourth-order valence-corrected chi connectivity index (χ4v) is 7.29. The van der Waals surface area contributed by atoms with Crippen molar-refractivity contribution >= 4 is 11.9 Å². The van der Waals surface area contributed by atoms with E-state index in [-0.39, 0.29) is 11.4 Å². The second-order valence-corrected chi connectivity index (χ2v) is 15.0. The van der Waals surface area contributed by atoms with Crippen molar-refractivity contribution in [1.82, 2.24) is 29.8 Å². The molecule has 0 aliphatic carbocycles. The molecule has 11 heteroatoms. The smallest absolute Gasteiger partial charge is 0.359 e. The van der Waals surface area contributed by atoms with Crippen molar-refractivity contribution < 1.29 is 24.2 Å². The van der Waals surface area contributed by atoms with Crippen LogP contribution in [0.15, 0.2) is 140 Å². The number of carbonyl (C=O) groups is 2. The molecule has 0 aliphatic heterocycles. The number of esters is 2. The Morgan fingerprint density at radius 1 is 0.707 bits per heavy atom. The number of aliphatic hydroxyl groups is 1. The van der Waals surface area contributed by atoms with Crippen molar-refractivity contribution in [1.29, 1.82) is 0 Å². The van der Waals surface area contributed by atoms with Crippen LogP contribution in [0.25, 0.3) is 22.5 Å². The Hall–Kier alpha value is -6.72. The largest absolute Gasteiger partial charge is 0.427 e. The zero-order chi connectivity index (χ0) is 40.7. The summed E-state index contributed by atoms with van der Waals surface area (Å²) in [5, 5.41) is 24.0. The highest BCUT2D eigenvalue weighted by molar-refractivity contribution is 5.89. The molecular weight excluding hydrogens is 729 g/mol. The van der Waals surface area contributed by atoms with Crippen LogP contribution < -0.4 is 0 Å². The highest BCUT2D eigenvalue weighted by Crippen LogP contribution is 2.43. The van der Waals surface area contributed by atoms with E-state index in [1.807, 2.05) is 109 Å². The molecule has 0 spiro atoms. The number of ether oxygens (including phenoxy) is 2. The van der Waals surface area contributed by atoms with Gasteiger partial charge in [-0.3, -0.25) is 4.79 Å². The van der Waals surface area contributed by atoms with Crippen molar-refractivity contribution in [2.45, 2.75) is 59.2 Å². The van der Waals surface area contributed by atoms with Gasteiger partial charge in [-0.15, -0.1) is 5.10 Å². The van der Waals surface area contributed by atoms with Crippen molar-refractivity contribution in [2.24, 2.45) is 5.41 Å². The van der Waals surface area contributed by atoms with E-state index in [4.69, 9.17) is 19.8 Å². The van der Waals surface area contributed by atoms with Crippen LogP contribution >= 0.6 is 0 Å². The van der Waals surface area contributed by atoms with Crippen LogP contribution in [0.5, 0.6) is 0 Å². The number of tetrazole rings is 1. The Kier molecular flexibility index (Phi) is 11.7. The number of aliphatic hydroxyl groups excluding tert-OH is 1. The van der Waals surface area contributed by atoms with Crippen molar-refractivity contribution in [2.75, 3.05) is 6.79 Å². The van der Waals surface area contributed by atoms with Crippen molar-refractivity contribution in [3.63, 3.8) is 0 Å². The lowest BCUT2D eigenvalue weighted by atomic mass is 9.77. The lowest BCUT2D eigenvalue weighted by molar-refractivity contribution is -0.161. The second-order valence-electron chi connectivity index (χ2n) is 15.0. The van der Waals surface area contributed by atoms with Gasteiger partial charge in [0.1, 0.15) is 11.4 Å². The summed E-state index contributed by atoms with van der Waals surface area (Å²) in [6, 6.07) is 47.0. The summed E-state index contributed by atoms with van der Waals surface area (Å²) in [5.41, 5.74) is 5.28. The number of hydrogen-bond acceptors (Lipinski definition) is 9. The molecule has 294 valence electrons. The van der Waals surface area contributed by atoms with E-state index in [2.05, 4.69) is 52.7 Å². The molecule has 2 heterocycles. The Labute approximate surface area is 337 Å². The van der Waals surface area contributed by atoms with Crippen LogP contribution in [0.3, 0.4) is 0 Å². The van der Waals surface area contributed by atoms with Gasteiger partial charge in [0.15, 0.2) is 11.5 Å². The first-order valence-electron chi connectivity index (χ1n) is 19.3. The van der Waals surface area contributed by atoms with E-state index in [0.29, 0.717) is 24.6 Å². The van der Waals surface area contributed by atoms with Gasteiger partial charge in [-0.05, 0) is 71.0 Å². The van der Waals surface area contributed by atoms with Gasteiger partial charge in [0, 0.05) is 18.5 Å². The summed E-state index contributed by atoms with van der Waals surface area (Å²) >= 11 is 0. The third kappa shape index (κ3) is 7.81. The number of hydrogen-bond donors (Lipinski definition) is 1. The maximum absolute atomic E-state index is 13.4. The molecule has 0 fully saturated rings. The number of rotatable bonds is 14. The molecule has 2 aromatic heterocycles. The molecule has 0 radical (unpaired) electrons. The van der Waals surface area contributed by atoms with E-state index < -0.39 is 36.3 Å². The first-order chi connectivity index (χ1) is 28.2. The average molecular weight is 775 g/mol. The minimum Gasteiger partial charge on any atom is -0.427 e. The van der Waals surface area contributed by atoms with Crippen LogP contribution in [0, 0.1) is 5.41 Å². The fraction of sp³-hybridized carbons (Fsp3) is 0.234. The Balaban J connectivity index is 1.26. The quantitative estimate of drug-likeness (QED) is 0.0659. The zero-order valence-corrected chi connectivity index (χ0v) is 33.1. The normalized spacial score (nSPS) is 11.7. The summed E-state index contributed by atoms with van der Waals surface area (Å²) in [5.74, 6) is 0.00213. The van der Waals surface area contributed by atoms with Gasteiger partial charge in [0.25, 0.3) is 0 Å². The maximum atomic E-state index is 13.4. The SMILES string of the molecule is CCCc1nc(CO)c(C(=O)OCOC(=O)C(C)(C)C)n1Cc1ccc(-c2ccccc2-c2nnnn2C(c2ccccc2)(c2ccccc2)c2ccccc2)cc1. The summed E-state index contributed by atoms with van der Waals surface area (Å²) in [6.45, 7) is 6.47. The van der Waals surface area contributed by atoms with Gasteiger partial charge in [-0.2, -0.15) is 0 Å². The maximum Gasteiger partial charge on any atom is 0.359 e. The van der Waals surface area contributed by atoms with Gasteiger partial charge in [-0.1, -0.05) is 146 Å². The summed E-state index contributed by atoms with van der Waals surface area (Å²) in [7, 11) is 0. The van der Waals surface area contributed by atoms with E-state index >= 15 is 0 Å². The van der Waals surface area contributed by atoms with Crippen LogP contribution in [0.2, 0.25) is 0 Å². The molecule has 7 rings (SSSR count). The fourth-order valence-electron chi connectivity index (χ4n) is 7.29. The zero-order valence-electron chi connectivity index (χ0n) is 33.1. The van der Waals surface area contributed by atoms with Gasteiger partial charge in [-0.25, -0.2) is 14.5 Å². The molecule has 11 nitrogen and oxygen atoms in total. The third-order valence-corrected chi connectivity index (χ3v) is 10.1. The van der Waals surface area contributed by atoms with E-state index in [0.717, 1.165) is 45.4 Å². The van der Waals surface area contributed by atoms with E-state index in [1.165, 1.54) is 0 Å². The van der Waals surface area contributed by atoms with Gasteiger partial charge >= 0.3 is 11.9 Å². The number of imidazole rings is 1. The number of carbonyl (C=O) groups excluding carboxylic acids is 2. The highest BCUT2D eigenvalue weighted by atomic mass is 16.7. The topological polar surface area (TPSA) is 134 Å². The number of aromatic nitrogens is 6. The molecule has 0 unspecified atom stereocenters. The summed E-state index contributed by atoms with van der Waals surface area (Å²) in [6.07, 6.45) is 1.35. The lowest BCUT2D eigenvalue weighted by Crippen LogP contribution is -2.39. The predicted molar refractivity (Wildman–Crippen MR) is 220 cm³/mol. The minimum absolute atomic E-state index is 0.123. The molecule has 5 aromatic carbocycles.